The van der Waals surface area contributed by atoms with Gasteiger partial charge in [-0.3, -0.25) is 4.79 Å². The summed E-state index contributed by atoms with van der Waals surface area (Å²) in [5.41, 5.74) is 16.8. The molecular weight excluding hydrogens is 482 g/mol. The molecule has 10 nitrogen and oxygen atoms in total. The van der Waals surface area contributed by atoms with Crippen molar-refractivity contribution < 1.29 is 14.7 Å². The van der Waals surface area contributed by atoms with E-state index in [1.807, 2.05) is 12.1 Å². The van der Waals surface area contributed by atoms with Gasteiger partial charge in [0.05, 0.1) is 23.1 Å². The van der Waals surface area contributed by atoms with Crippen molar-refractivity contribution in [3.05, 3.63) is 90.1 Å². The predicted molar refractivity (Wildman–Crippen MR) is 143 cm³/mol. The van der Waals surface area contributed by atoms with Crippen LogP contribution in [0.3, 0.4) is 0 Å². The van der Waals surface area contributed by atoms with E-state index >= 15 is 0 Å². The first-order valence-electron chi connectivity index (χ1n) is 11.5. The fourth-order valence-electron chi connectivity index (χ4n) is 3.86. The van der Waals surface area contributed by atoms with E-state index in [4.69, 9.17) is 21.4 Å². The minimum atomic E-state index is -1.03. The Morgan fingerprint density at radius 3 is 1.61 bits per heavy atom. The zero-order valence-electron chi connectivity index (χ0n) is 20.2. The molecule has 0 amide bonds. The molecule has 0 fully saturated rings. The number of hydrogen-bond donors (Lipinski definition) is 3. The number of rotatable bonds is 6. The largest absolute Gasteiger partial charge is 0.478 e. The molecule has 0 saturated heterocycles. The van der Waals surface area contributed by atoms with Crippen LogP contribution in [0.15, 0.2) is 79.0 Å². The van der Waals surface area contributed by atoms with Crippen molar-refractivity contribution in [2.75, 3.05) is 11.5 Å². The Hall–Kier alpha value is -5.51. The average Bonchev–Trinajstić information content (AvgIpc) is 2.93. The van der Waals surface area contributed by atoms with Gasteiger partial charge >= 0.3 is 5.97 Å². The van der Waals surface area contributed by atoms with E-state index in [0.717, 1.165) is 5.56 Å². The summed E-state index contributed by atoms with van der Waals surface area (Å²) >= 11 is 0. The number of carboxylic acids is 1. The van der Waals surface area contributed by atoms with Crippen LogP contribution in [0, 0.1) is 0 Å². The van der Waals surface area contributed by atoms with Gasteiger partial charge in [-0.1, -0.05) is 48.5 Å². The standard InChI is InChI=1S/C28H21N7O3/c1-15(36)16-2-4-18(5-3-16)25-26(27-31-14-22(30)34-35-27)33-24(17-6-8-20(9-7-17)28(37)38)23(32-25)19-10-12-21(29)13-11-19/h2-14H,29H2,1H3,(H2,30,34)(H,37,38). The number of hydrogen-bond acceptors (Lipinski definition) is 9. The second-order valence-electron chi connectivity index (χ2n) is 8.46. The second-order valence-corrected chi connectivity index (χ2v) is 8.46. The molecule has 0 saturated carbocycles. The van der Waals surface area contributed by atoms with Crippen molar-refractivity contribution in [1.29, 1.82) is 0 Å². The summed E-state index contributed by atoms with van der Waals surface area (Å²) in [5, 5.41) is 17.4. The maximum Gasteiger partial charge on any atom is 0.335 e. The van der Waals surface area contributed by atoms with Gasteiger partial charge in [-0.05, 0) is 31.2 Å². The Morgan fingerprint density at radius 1 is 0.658 bits per heavy atom. The summed E-state index contributed by atoms with van der Waals surface area (Å²) in [6.45, 7) is 1.50. The number of anilines is 2. The molecule has 2 aromatic heterocycles. The number of carboxylic acid groups (broad SMARTS) is 1. The highest BCUT2D eigenvalue weighted by Crippen LogP contribution is 2.36. The third-order valence-electron chi connectivity index (χ3n) is 5.84. The summed E-state index contributed by atoms with van der Waals surface area (Å²) in [4.78, 5) is 37.5. The molecule has 5 N–H and O–H groups in total. The van der Waals surface area contributed by atoms with Gasteiger partial charge in [0.15, 0.2) is 11.6 Å². The van der Waals surface area contributed by atoms with E-state index in [-0.39, 0.29) is 23.0 Å². The lowest BCUT2D eigenvalue weighted by molar-refractivity contribution is 0.0696. The van der Waals surface area contributed by atoms with Gasteiger partial charge in [-0.25, -0.2) is 19.7 Å². The fourth-order valence-corrected chi connectivity index (χ4v) is 3.86. The summed E-state index contributed by atoms with van der Waals surface area (Å²) in [6.07, 6.45) is 1.38. The maximum absolute atomic E-state index is 11.8. The summed E-state index contributed by atoms with van der Waals surface area (Å²) in [6, 6.07) is 20.5. The molecule has 0 aliphatic rings. The molecule has 2 heterocycles. The van der Waals surface area contributed by atoms with Gasteiger partial charge in [0.1, 0.15) is 11.4 Å². The van der Waals surface area contributed by atoms with Crippen molar-refractivity contribution in [1.82, 2.24) is 25.1 Å². The highest BCUT2D eigenvalue weighted by atomic mass is 16.4. The van der Waals surface area contributed by atoms with Gasteiger partial charge in [0.25, 0.3) is 0 Å². The van der Waals surface area contributed by atoms with Crippen LogP contribution in [0.2, 0.25) is 0 Å². The quantitative estimate of drug-likeness (QED) is 0.223. The lowest BCUT2D eigenvalue weighted by Crippen LogP contribution is -2.05. The molecule has 0 aliphatic heterocycles. The molecular formula is C28H21N7O3. The Balaban J connectivity index is 1.80. The number of carbonyl (C=O) groups excluding carboxylic acids is 1. The molecule has 3 aromatic carbocycles. The molecule has 0 unspecified atom stereocenters. The van der Waals surface area contributed by atoms with Crippen molar-refractivity contribution in [2.45, 2.75) is 6.92 Å². The Bertz CT molecular complexity index is 1520. The van der Waals surface area contributed by atoms with Crippen molar-refractivity contribution in [2.24, 2.45) is 0 Å². The smallest absolute Gasteiger partial charge is 0.335 e. The second kappa shape index (κ2) is 9.86. The number of nitrogens with two attached hydrogens (primary N) is 2. The first-order valence-corrected chi connectivity index (χ1v) is 11.5. The van der Waals surface area contributed by atoms with Gasteiger partial charge in [0, 0.05) is 27.9 Å². The number of ketones is 1. The third kappa shape index (κ3) is 4.78. The van der Waals surface area contributed by atoms with Crippen LogP contribution in [-0.2, 0) is 0 Å². The lowest BCUT2D eigenvalue weighted by atomic mass is 10.00. The minimum Gasteiger partial charge on any atom is -0.478 e. The van der Waals surface area contributed by atoms with Gasteiger partial charge in [-0.15, -0.1) is 10.2 Å². The third-order valence-corrected chi connectivity index (χ3v) is 5.84. The van der Waals surface area contributed by atoms with E-state index in [1.165, 1.54) is 25.3 Å². The van der Waals surface area contributed by atoms with Crippen LogP contribution in [-0.4, -0.2) is 42.0 Å². The number of Topliss-reactive ketones (excluding diaryl/α,β-unsaturated/α-hetero) is 1. The monoisotopic (exact) mass is 503 g/mol. The number of nitrogen functional groups attached to an aromatic ring is 2. The van der Waals surface area contributed by atoms with Crippen LogP contribution in [0.5, 0.6) is 0 Å². The maximum atomic E-state index is 11.8. The molecule has 0 radical (unpaired) electrons. The van der Waals surface area contributed by atoms with E-state index in [1.54, 1.807) is 48.5 Å². The molecule has 0 aliphatic carbocycles. The van der Waals surface area contributed by atoms with E-state index in [2.05, 4.69) is 15.2 Å². The lowest BCUT2D eigenvalue weighted by Gasteiger charge is -2.15. The van der Waals surface area contributed by atoms with Crippen LogP contribution in [0.25, 0.3) is 45.3 Å². The van der Waals surface area contributed by atoms with E-state index < -0.39 is 5.97 Å². The van der Waals surface area contributed by atoms with Crippen molar-refractivity contribution in [3.63, 3.8) is 0 Å². The predicted octanol–water partition coefficient (Wildman–Crippen LogP) is 4.39. The summed E-state index contributed by atoms with van der Waals surface area (Å²) in [7, 11) is 0. The highest BCUT2D eigenvalue weighted by molar-refractivity contribution is 5.95. The van der Waals surface area contributed by atoms with Crippen molar-refractivity contribution in [3.8, 4) is 45.3 Å². The van der Waals surface area contributed by atoms with Gasteiger partial charge in [-0.2, -0.15) is 0 Å². The number of carbonyl (C=O) groups is 2. The molecule has 0 spiro atoms. The molecule has 5 aromatic rings. The van der Waals surface area contributed by atoms with Gasteiger partial charge < -0.3 is 16.6 Å². The average molecular weight is 504 g/mol. The van der Waals surface area contributed by atoms with Crippen LogP contribution >= 0.6 is 0 Å². The van der Waals surface area contributed by atoms with Crippen molar-refractivity contribution >= 4 is 23.3 Å². The number of benzene rings is 3. The number of nitrogens with zero attached hydrogens (tertiary/aromatic N) is 5. The molecule has 0 bridgehead atoms. The first-order chi connectivity index (χ1) is 18.3. The topological polar surface area (TPSA) is 171 Å². The molecule has 5 rings (SSSR count). The Labute approximate surface area is 217 Å². The van der Waals surface area contributed by atoms with E-state index in [9.17, 15) is 14.7 Å². The first kappa shape index (κ1) is 24.2. The number of aromatic carboxylic acids is 1. The molecule has 38 heavy (non-hydrogen) atoms. The summed E-state index contributed by atoms with van der Waals surface area (Å²) < 4.78 is 0. The van der Waals surface area contributed by atoms with Crippen LogP contribution in [0.1, 0.15) is 27.6 Å². The normalized spacial score (nSPS) is 10.8. The molecule has 0 atom stereocenters. The van der Waals surface area contributed by atoms with E-state index in [0.29, 0.717) is 45.2 Å². The van der Waals surface area contributed by atoms with Crippen LogP contribution < -0.4 is 11.5 Å². The summed E-state index contributed by atoms with van der Waals surface area (Å²) in [5.74, 6) is -0.744. The fraction of sp³-hybridized carbons (Fsp3) is 0.0357. The zero-order chi connectivity index (χ0) is 26.8. The van der Waals surface area contributed by atoms with Crippen LogP contribution in [0.4, 0.5) is 11.5 Å². The highest BCUT2D eigenvalue weighted by Gasteiger charge is 2.21. The minimum absolute atomic E-state index is 0.0587. The number of aromatic nitrogens is 5. The Morgan fingerprint density at radius 2 is 1.13 bits per heavy atom. The van der Waals surface area contributed by atoms with Gasteiger partial charge in [0.2, 0.25) is 5.82 Å². The molecule has 186 valence electrons. The SMILES string of the molecule is CC(=O)c1ccc(-c2nc(-c3ccc(N)cc3)c(-c3ccc(C(=O)O)cc3)nc2-c2ncc(N)nn2)cc1. The zero-order valence-corrected chi connectivity index (χ0v) is 20.2. The Kier molecular flexibility index (Phi) is 6.28. The molecule has 10 heteroatoms.